The summed E-state index contributed by atoms with van der Waals surface area (Å²) in [5, 5.41) is 0. The second kappa shape index (κ2) is 4.75. The number of nitrogens with two attached hydrogens (primary N) is 1. The van der Waals surface area contributed by atoms with Gasteiger partial charge in [0.1, 0.15) is 17.9 Å². The molecule has 1 aromatic rings. The van der Waals surface area contributed by atoms with Crippen molar-refractivity contribution in [2.24, 2.45) is 5.73 Å². The van der Waals surface area contributed by atoms with E-state index in [4.69, 9.17) is 15.2 Å². The van der Waals surface area contributed by atoms with Gasteiger partial charge in [-0.15, -0.1) is 0 Å². The fraction of sp³-hybridized carbons (Fsp3) is 0.462. The number of benzene rings is 1. The third-order valence-electron chi connectivity index (χ3n) is 3.16. The van der Waals surface area contributed by atoms with Crippen LogP contribution in [0.5, 0.6) is 5.75 Å². The molecule has 17 heavy (non-hydrogen) atoms. The minimum absolute atomic E-state index is 0.245. The number of hydrogen-bond donors (Lipinski definition) is 1. The van der Waals surface area contributed by atoms with Crippen LogP contribution in [0.15, 0.2) is 24.3 Å². The van der Waals surface area contributed by atoms with Gasteiger partial charge in [-0.3, -0.25) is 4.79 Å². The van der Waals surface area contributed by atoms with Crippen LogP contribution < -0.4 is 10.5 Å². The molecule has 1 aliphatic rings. The van der Waals surface area contributed by atoms with E-state index in [9.17, 15) is 4.79 Å². The Kier molecular flexibility index (Phi) is 3.33. The number of carbonyl (C=O) groups excluding carboxylic acids is 1. The zero-order valence-corrected chi connectivity index (χ0v) is 9.94. The molecule has 0 atom stereocenters. The van der Waals surface area contributed by atoms with Crippen molar-refractivity contribution in [1.82, 2.24) is 0 Å². The van der Waals surface area contributed by atoms with Crippen LogP contribution >= 0.6 is 0 Å². The van der Waals surface area contributed by atoms with E-state index in [-0.39, 0.29) is 12.6 Å². The van der Waals surface area contributed by atoms with Gasteiger partial charge >= 0.3 is 5.97 Å². The highest BCUT2D eigenvalue weighted by Crippen LogP contribution is 2.30. The van der Waals surface area contributed by atoms with Gasteiger partial charge in [-0.05, 0) is 37.0 Å². The lowest BCUT2D eigenvalue weighted by Crippen LogP contribution is -2.54. The molecule has 2 rings (SSSR count). The molecule has 0 radical (unpaired) electrons. The number of carbonyl (C=O) groups is 1. The van der Waals surface area contributed by atoms with Crippen LogP contribution in [0.4, 0.5) is 0 Å². The van der Waals surface area contributed by atoms with Crippen LogP contribution in [0, 0.1) is 0 Å². The quantitative estimate of drug-likeness (QED) is 0.805. The number of rotatable bonds is 4. The minimum atomic E-state index is -0.737. The van der Waals surface area contributed by atoms with Gasteiger partial charge in [-0.25, -0.2) is 0 Å². The van der Waals surface area contributed by atoms with Gasteiger partial charge in [0.25, 0.3) is 0 Å². The van der Waals surface area contributed by atoms with E-state index in [2.05, 4.69) is 0 Å². The van der Waals surface area contributed by atoms with E-state index >= 15 is 0 Å². The van der Waals surface area contributed by atoms with Crippen molar-refractivity contribution >= 4 is 5.97 Å². The van der Waals surface area contributed by atoms with E-state index in [0.29, 0.717) is 0 Å². The van der Waals surface area contributed by atoms with E-state index in [1.807, 2.05) is 24.3 Å². The fourth-order valence-corrected chi connectivity index (χ4v) is 1.82. The van der Waals surface area contributed by atoms with E-state index in [1.165, 1.54) is 0 Å². The Labute approximate surface area is 101 Å². The lowest BCUT2D eigenvalue weighted by atomic mass is 9.78. The first kappa shape index (κ1) is 11.9. The zero-order valence-electron chi connectivity index (χ0n) is 9.94. The van der Waals surface area contributed by atoms with Gasteiger partial charge in [-0.1, -0.05) is 12.1 Å². The third-order valence-corrected chi connectivity index (χ3v) is 3.16. The Morgan fingerprint density at radius 2 is 2.24 bits per heavy atom. The third kappa shape index (κ3) is 2.58. The van der Waals surface area contributed by atoms with Crippen molar-refractivity contribution in [3.8, 4) is 5.75 Å². The molecular formula is C13H17NO3. The maximum atomic E-state index is 11.7. The molecule has 0 aromatic heterocycles. The van der Waals surface area contributed by atoms with Gasteiger partial charge in [-0.2, -0.15) is 0 Å². The first-order valence-corrected chi connectivity index (χ1v) is 5.73. The number of esters is 1. The average Bonchev–Trinajstić information content (AvgIpc) is 2.33. The molecule has 4 nitrogen and oxygen atoms in total. The SMILES string of the molecule is COc1cccc(COC(=O)C2(N)CCC2)c1. The van der Waals surface area contributed by atoms with Gasteiger partial charge in [0.05, 0.1) is 7.11 Å². The van der Waals surface area contributed by atoms with Crippen molar-refractivity contribution in [3.05, 3.63) is 29.8 Å². The molecule has 0 amide bonds. The van der Waals surface area contributed by atoms with Gasteiger partial charge in [0.2, 0.25) is 0 Å². The lowest BCUT2D eigenvalue weighted by Gasteiger charge is -2.35. The summed E-state index contributed by atoms with van der Waals surface area (Å²) in [6, 6.07) is 7.45. The molecule has 0 spiro atoms. The Balaban J connectivity index is 1.91. The molecule has 0 heterocycles. The molecule has 0 aliphatic heterocycles. The molecule has 2 N–H and O–H groups in total. The predicted octanol–water partition coefficient (Wildman–Crippen LogP) is 1.62. The summed E-state index contributed by atoms with van der Waals surface area (Å²) < 4.78 is 10.3. The Morgan fingerprint density at radius 1 is 1.47 bits per heavy atom. The summed E-state index contributed by atoms with van der Waals surface area (Å²) in [6.07, 6.45) is 2.46. The standard InChI is InChI=1S/C13H17NO3/c1-16-11-5-2-4-10(8-11)9-17-12(15)13(14)6-3-7-13/h2,4-5,8H,3,6-7,9,14H2,1H3. The van der Waals surface area contributed by atoms with Crippen molar-refractivity contribution in [2.75, 3.05) is 7.11 Å². The van der Waals surface area contributed by atoms with Gasteiger partial charge in [0, 0.05) is 0 Å². The second-order valence-corrected chi connectivity index (χ2v) is 4.44. The normalized spacial score (nSPS) is 17.1. The smallest absolute Gasteiger partial charge is 0.326 e. The molecule has 92 valence electrons. The molecular weight excluding hydrogens is 218 g/mol. The minimum Gasteiger partial charge on any atom is -0.497 e. The van der Waals surface area contributed by atoms with Gasteiger partial charge in [0.15, 0.2) is 0 Å². The highest BCUT2D eigenvalue weighted by atomic mass is 16.5. The van der Waals surface area contributed by atoms with Crippen LogP contribution in [-0.4, -0.2) is 18.6 Å². The average molecular weight is 235 g/mol. The largest absolute Gasteiger partial charge is 0.497 e. The maximum Gasteiger partial charge on any atom is 0.326 e. The highest BCUT2D eigenvalue weighted by Gasteiger charge is 2.41. The number of ether oxygens (including phenoxy) is 2. The summed E-state index contributed by atoms with van der Waals surface area (Å²) in [6.45, 7) is 0.245. The number of hydrogen-bond acceptors (Lipinski definition) is 4. The maximum absolute atomic E-state index is 11.7. The topological polar surface area (TPSA) is 61.5 Å². The molecule has 4 heteroatoms. The van der Waals surface area contributed by atoms with Gasteiger partial charge < -0.3 is 15.2 Å². The molecule has 1 aromatic carbocycles. The van der Waals surface area contributed by atoms with Crippen LogP contribution in [0.2, 0.25) is 0 Å². The predicted molar refractivity (Wildman–Crippen MR) is 63.6 cm³/mol. The monoisotopic (exact) mass is 235 g/mol. The Bertz CT molecular complexity index is 413. The Hall–Kier alpha value is -1.55. The van der Waals surface area contributed by atoms with Crippen LogP contribution in [-0.2, 0) is 16.1 Å². The van der Waals surface area contributed by atoms with Crippen molar-refractivity contribution in [1.29, 1.82) is 0 Å². The van der Waals surface area contributed by atoms with E-state index in [0.717, 1.165) is 30.6 Å². The molecule has 0 saturated heterocycles. The van der Waals surface area contributed by atoms with E-state index in [1.54, 1.807) is 7.11 Å². The Morgan fingerprint density at radius 3 is 2.82 bits per heavy atom. The molecule has 0 unspecified atom stereocenters. The summed E-state index contributed by atoms with van der Waals surface area (Å²) in [4.78, 5) is 11.7. The summed E-state index contributed by atoms with van der Waals surface area (Å²) >= 11 is 0. The molecule has 1 fully saturated rings. The first-order valence-electron chi connectivity index (χ1n) is 5.73. The fourth-order valence-electron chi connectivity index (χ4n) is 1.82. The van der Waals surface area contributed by atoms with Crippen LogP contribution in [0.3, 0.4) is 0 Å². The molecule has 0 bridgehead atoms. The summed E-state index contributed by atoms with van der Waals surface area (Å²) in [5.41, 5.74) is 6.03. The van der Waals surface area contributed by atoms with Crippen molar-refractivity contribution in [3.63, 3.8) is 0 Å². The van der Waals surface area contributed by atoms with E-state index < -0.39 is 5.54 Å². The highest BCUT2D eigenvalue weighted by molar-refractivity contribution is 5.81. The first-order chi connectivity index (χ1) is 8.14. The summed E-state index contributed by atoms with van der Waals surface area (Å²) in [7, 11) is 1.61. The van der Waals surface area contributed by atoms with Crippen LogP contribution in [0.1, 0.15) is 24.8 Å². The van der Waals surface area contributed by atoms with Crippen molar-refractivity contribution in [2.45, 2.75) is 31.4 Å². The number of methoxy groups -OCH3 is 1. The second-order valence-electron chi connectivity index (χ2n) is 4.44. The van der Waals surface area contributed by atoms with Crippen LogP contribution in [0.25, 0.3) is 0 Å². The summed E-state index contributed by atoms with van der Waals surface area (Å²) in [5.74, 6) is 0.455. The zero-order chi connectivity index (χ0) is 12.3. The molecule has 1 aliphatic carbocycles. The molecule has 1 saturated carbocycles. The lowest BCUT2D eigenvalue weighted by molar-refractivity contribution is -0.155. The van der Waals surface area contributed by atoms with Crippen molar-refractivity contribution < 1.29 is 14.3 Å².